The quantitative estimate of drug-likeness (QED) is 0.632. The molecule has 0 spiro atoms. The number of benzene rings is 2. The van der Waals surface area contributed by atoms with Gasteiger partial charge in [-0.1, -0.05) is 12.1 Å². The standard InChI is InChI=1S/C16H13FN2O4/c17-10-3-1-2-9-14(10)19-16(23)11(18-15(9)22)6-8-4-5-12(20)13(21)7-8/h1-5,7,11,20-21H,6H2,(H,18,22)(H,19,23)/t11-/m0/s1. The molecule has 6 nitrogen and oxygen atoms in total. The van der Waals surface area contributed by atoms with Gasteiger partial charge in [-0.25, -0.2) is 4.39 Å². The Morgan fingerprint density at radius 2 is 1.87 bits per heavy atom. The van der Waals surface area contributed by atoms with Crippen molar-refractivity contribution < 1.29 is 24.2 Å². The first-order chi connectivity index (χ1) is 11.0. The van der Waals surface area contributed by atoms with Gasteiger partial charge in [0.05, 0.1) is 11.3 Å². The van der Waals surface area contributed by atoms with Gasteiger partial charge in [-0.3, -0.25) is 9.59 Å². The van der Waals surface area contributed by atoms with Gasteiger partial charge in [0.15, 0.2) is 11.5 Å². The monoisotopic (exact) mass is 316 g/mol. The summed E-state index contributed by atoms with van der Waals surface area (Å²) in [5.74, 6) is -2.41. The lowest BCUT2D eigenvalue weighted by molar-refractivity contribution is -0.117. The second kappa shape index (κ2) is 5.60. The van der Waals surface area contributed by atoms with Gasteiger partial charge in [-0.05, 0) is 29.8 Å². The number of para-hydroxylation sites is 1. The number of hydrogen-bond acceptors (Lipinski definition) is 4. The number of aromatic hydroxyl groups is 2. The Balaban J connectivity index is 1.88. The predicted molar refractivity (Wildman–Crippen MR) is 79.8 cm³/mol. The largest absolute Gasteiger partial charge is 0.504 e. The van der Waals surface area contributed by atoms with Crippen molar-refractivity contribution in [2.45, 2.75) is 12.5 Å². The van der Waals surface area contributed by atoms with Gasteiger partial charge in [-0.15, -0.1) is 0 Å². The molecule has 0 saturated carbocycles. The molecule has 7 heteroatoms. The van der Waals surface area contributed by atoms with Crippen molar-refractivity contribution >= 4 is 17.5 Å². The van der Waals surface area contributed by atoms with Crippen molar-refractivity contribution in [3.05, 3.63) is 53.3 Å². The fraction of sp³-hybridized carbons (Fsp3) is 0.125. The van der Waals surface area contributed by atoms with Gasteiger partial charge in [-0.2, -0.15) is 0 Å². The SMILES string of the molecule is O=C1N[C@@H](Cc2ccc(O)c(O)c2)C(=O)Nc2c(F)cccc21. The Labute approximate surface area is 130 Å². The van der Waals surface area contributed by atoms with Crippen LogP contribution in [0.15, 0.2) is 36.4 Å². The van der Waals surface area contributed by atoms with Crippen LogP contribution in [0.4, 0.5) is 10.1 Å². The number of fused-ring (bicyclic) bond motifs is 1. The summed E-state index contributed by atoms with van der Waals surface area (Å²) in [6, 6.07) is 7.14. The average Bonchev–Trinajstić information content (AvgIpc) is 2.62. The molecule has 1 heterocycles. The molecular formula is C16H13FN2O4. The number of carbonyl (C=O) groups excluding carboxylic acids is 2. The van der Waals surface area contributed by atoms with Crippen LogP contribution in [0.25, 0.3) is 0 Å². The smallest absolute Gasteiger partial charge is 0.254 e. The minimum absolute atomic E-state index is 0.0504. The molecule has 0 bridgehead atoms. The van der Waals surface area contributed by atoms with Crippen LogP contribution in [-0.2, 0) is 11.2 Å². The van der Waals surface area contributed by atoms with E-state index in [0.717, 1.165) is 6.07 Å². The van der Waals surface area contributed by atoms with Gasteiger partial charge < -0.3 is 20.8 Å². The number of hydrogen-bond donors (Lipinski definition) is 4. The molecule has 3 rings (SSSR count). The number of nitrogens with one attached hydrogen (secondary N) is 2. The molecule has 2 aromatic carbocycles. The van der Waals surface area contributed by atoms with Gasteiger partial charge in [0.2, 0.25) is 5.91 Å². The lowest BCUT2D eigenvalue weighted by atomic mass is 10.0. The van der Waals surface area contributed by atoms with E-state index in [1.807, 2.05) is 0 Å². The van der Waals surface area contributed by atoms with Crippen molar-refractivity contribution in [1.82, 2.24) is 5.32 Å². The Hall–Kier alpha value is -3.09. The van der Waals surface area contributed by atoms with E-state index in [1.165, 1.54) is 30.3 Å². The highest BCUT2D eigenvalue weighted by molar-refractivity contribution is 6.10. The fourth-order valence-corrected chi connectivity index (χ4v) is 2.43. The lowest BCUT2D eigenvalue weighted by Gasteiger charge is -2.15. The minimum Gasteiger partial charge on any atom is -0.504 e. The third-order valence-electron chi connectivity index (χ3n) is 3.61. The molecule has 0 aromatic heterocycles. The average molecular weight is 316 g/mol. The zero-order valence-corrected chi connectivity index (χ0v) is 11.8. The van der Waals surface area contributed by atoms with Crippen LogP contribution < -0.4 is 10.6 Å². The summed E-state index contributed by atoms with van der Waals surface area (Å²) in [6.07, 6.45) is 0.0843. The van der Waals surface area contributed by atoms with E-state index in [0.29, 0.717) is 5.56 Å². The summed E-state index contributed by atoms with van der Waals surface area (Å²) in [7, 11) is 0. The van der Waals surface area contributed by atoms with E-state index in [1.54, 1.807) is 0 Å². The number of phenolic OH excluding ortho intramolecular Hbond substituents is 2. The zero-order chi connectivity index (χ0) is 16.6. The summed E-state index contributed by atoms with van der Waals surface area (Å²) < 4.78 is 13.8. The maximum Gasteiger partial charge on any atom is 0.254 e. The first-order valence-corrected chi connectivity index (χ1v) is 6.87. The number of anilines is 1. The van der Waals surface area contributed by atoms with Crippen LogP contribution in [-0.4, -0.2) is 28.1 Å². The number of amides is 2. The van der Waals surface area contributed by atoms with E-state index < -0.39 is 23.7 Å². The molecule has 0 fully saturated rings. The second-order valence-corrected chi connectivity index (χ2v) is 5.20. The maximum atomic E-state index is 13.8. The molecule has 0 saturated heterocycles. The number of rotatable bonds is 2. The molecule has 0 unspecified atom stereocenters. The summed E-state index contributed by atoms with van der Waals surface area (Å²) in [4.78, 5) is 24.4. The maximum absolute atomic E-state index is 13.8. The molecule has 1 aliphatic heterocycles. The molecule has 0 aliphatic carbocycles. The molecule has 4 N–H and O–H groups in total. The van der Waals surface area contributed by atoms with E-state index in [4.69, 9.17) is 0 Å². The Morgan fingerprint density at radius 3 is 2.61 bits per heavy atom. The molecule has 2 amide bonds. The van der Waals surface area contributed by atoms with Crippen LogP contribution in [0.2, 0.25) is 0 Å². The summed E-state index contributed by atoms with van der Waals surface area (Å²) >= 11 is 0. The van der Waals surface area contributed by atoms with Gasteiger partial charge >= 0.3 is 0 Å². The molecule has 2 aromatic rings. The van der Waals surface area contributed by atoms with E-state index in [-0.39, 0.29) is 29.2 Å². The van der Waals surface area contributed by atoms with E-state index in [2.05, 4.69) is 10.6 Å². The van der Waals surface area contributed by atoms with Gasteiger partial charge in [0, 0.05) is 6.42 Å². The van der Waals surface area contributed by atoms with E-state index in [9.17, 15) is 24.2 Å². The van der Waals surface area contributed by atoms with Gasteiger partial charge in [0.25, 0.3) is 5.91 Å². The van der Waals surface area contributed by atoms with E-state index >= 15 is 0 Å². The molecular weight excluding hydrogens is 303 g/mol. The van der Waals surface area contributed by atoms with Crippen molar-refractivity contribution in [1.29, 1.82) is 0 Å². The van der Waals surface area contributed by atoms with Gasteiger partial charge in [0.1, 0.15) is 11.9 Å². The van der Waals surface area contributed by atoms with Crippen molar-refractivity contribution in [3.63, 3.8) is 0 Å². The summed E-state index contributed by atoms with van der Waals surface area (Å²) in [5.41, 5.74) is 0.438. The third-order valence-corrected chi connectivity index (χ3v) is 3.61. The number of carbonyl (C=O) groups is 2. The minimum atomic E-state index is -0.932. The number of phenols is 2. The first-order valence-electron chi connectivity index (χ1n) is 6.87. The highest BCUT2D eigenvalue weighted by Gasteiger charge is 2.29. The van der Waals surface area contributed by atoms with Crippen LogP contribution in [0, 0.1) is 5.82 Å². The lowest BCUT2D eigenvalue weighted by Crippen LogP contribution is -2.42. The Morgan fingerprint density at radius 1 is 1.09 bits per heavy atom. The first kappa shape index (κ1) is 14.8. The molecule has 23 heavy (non-hydrogen) atoms. The van der Waals surface area contributed by atoms with Crippen molar-refractivity contribution in [3.8, 4) is 11.5 Å². The highest BCUT2D eigenvalue weighted by Crippen LogP contribution is 2.27. The molecule has 1 atom stereocenters. The van der Waals surface area contributed by atoms with Crippen LogP contribution in [0.3, 0.4) is 0 Å². The topological polar surface area (TPSA) is 98.7 Å². The molecule has 118 valence electrons. The highest BCUT2D eigenvalue weighted by atomic mass is 19.1. The summed E-state index contributed by atoms with van der Waals surface area (Å²) in [6.45, 7) is 0. The normalized spacial score (nSPS) is 17.0. The molecule has 0 radical (unpaired) electrons. The Kier molecular flexibility index (Phi) is 3.61. The number of halogens is 1. The van der Waals surface area contributed by atoms with Crippen LogP contribution >= 0.6 is 0 Å². The van der Waals surface area contributed by atoms with Crippen LogP contribution in [0.1, 0.15) is 15.9 Å². The second-order valence-electron chi connectivity index (χ2n) is 5.20. The fourth-order valence-electron chi connectivity index (χ4n) is 2.43. The van der Waals surface area contributed by atoms with Crippen molar-refractivity contribution in [2.24, 2.45) is 0 Å². The van der Waals surface area contributed by atoms with Crippen molar-refractivity contribution in [2.75, 3.05) is 5.32 Å². The third kappa shape index (κ3) is 2.80. The Bertz CT molecular complexity index is 807. The predicted octanol–water partition coefficient (Wildman–Crippen LogP) is 1.53. The van der Waals surface area contributed by atoms with Crippen LogP contribution in [0.5, 0.6) is 11.5 Å². The zero-order valence-electron chi connectivity index (χ0n) is 11.8. The molecule has 1 aliphatic rings. The summed E-state index contributed by atoms with van der Waals surface area (Å²) in [5, 5.41) is 23.7.